The number of hydrogen-bond donors (Lipinski definition) is 2. The van der Waals surface area contributed by atoms with Gasteiger partial charge in [0.25, 0.3) is 0 Å². The summed E-state index contributed by atoms with van der Waals surface area (Å²) in [6.07, 6.45) is 8.73. The lowest BCUT2D eigenvalue weighted by molar-refractivity contribution is 0.251. The Balaban J connectivity index is 1.38. The molecule has 0 fully saturated rings. The molecule has 144 valence electrons. The number of imidazole rings is 1. The molecule has 0 unspecified atom stereocenters. The van der Waals surface area contributed by atoms with Crippen molar-refractivity contribution in [3.8, 4) is 5.69 Å². The van der Waals surface area contributed by atoms with Gasteiger partial charge in [0.05, 0.1) is 12.0 Å². The van der Waals surface area contributed by atoms with E-state index in [9.17, 15) is 4.79 Å². The van der Waals surface area contributed by atoms with Crippen molar-refractivity contribution in [2.24, 2.45) is 0 Å². The number of carbonyl (C=O) groups excluding carboxylic acids is 1. The van der Waals surface area contributed by atoms with Crippen molar-refractivity contribution in [2.75, 3.05) is 5.32 Å². The number of pyridine rings is 2. The average Bonchev–Trinajstić information content (AvgIpc) is 3.28. The van der Waals surface area contributed by atoms with Crippen LogP contribution in [-0.2, 0) is 6.54 Å². The van der Waals surface area contributed by atoms with Crippen LogP contribution in [0.2, 0.25) is 0 Å². The molecule has 0 radical (unpaired) electrons. The molecule has 0 aliphatic carbocycles. The summed E-state index contributed by atoms with van der Waals surface area (Å²) in [4.78, 5) is 25.0. The Morgan fingerprint density at radius 3 is 2.66 bits per heavy atom. The van der Waals surface area contributed by atoms with E-state index >= 15 is 0 Å². The third-order valence-corrected chi connectivity index (χ3v) is 4.94. The molecular weight excluding hydrogens is 384 g/mol. The van der Waals surface area contributed by atoms with Crippen LogP contribution in [0, 0.1) is 0 Å². The Kier molecular flexibility index (Phi) is 5.82. The van der Waals surface area contributed by atoms with E-state index in [1.54, 1.807) is 31.0 Å². The lowest BCUT2D eigenvalue weighted by atomic mass is 10.1. The number of nitrogens with one attached hydrogen (secondary N) is 2. The van der Waals surface area contributed by atoms with Crippen molar-refractivity contribution >= 4 is 23.5 Å². The van der Waals surface area contributed by atoms with Crippen molar-refractivity contribution in [3.63, 3.8) is 0 Å². The first-order valence-electron chi connectivity index (χ1n) is 8.94. The van der Waals surface area contributed by atoms with Crippen LogP contribution in [0.5, 0.6) is 0 Å². The predicted molar refractivity (Wildman–Crippen MR) is 112 cm³/mol. The topological polar surface area (TPSA) is 84.7 Å². The lowest BCUT2D eigenvalue weighted by Crippen LogP contribution is -2.28. The zero-order valence-corrected chi connectivity index (χ0v) is 16.2. The average molecular weight is 402 g/mol. The van der Waals surface area contributed by atoms with E-state index in [1.165, 1.54) is 11.8 Å². The number of aromatic nitrogens is 4. The van der Waals surface area contributed by atoms with Crippen molar-refractivity contribution in [3.05, 3.63) is 91.3 Å². The summed E-state index contributed by atoms with van der Waals surface area (Å²) in [6.45, 7) is 0.390. The summed E-state index contributed by atoms with van der Waals surface area (Å²) in [5.74, 6) is 0. The number of amides is 2. The Morgan fingerprint density at radius 2 is 1.83 bits per heavy atom. The number of urea groups is 1. The predicted octanol–water partition coefficient (Wildman–Crippen LogP) is 4.14. The van der Waals surface area contributed by atoms with Gasteiger partial charge in [-0.25, -0.2) is 19.7 Å². The maximum atomic E-state index is 12.4. The van der Waals surface area contributed by atoms with Crippen LogP contribution in [0.4, 0.5) is 10.5 Å². The van der Waals surface area contributed by atoms with Gasteiger partial charge in [0, 0.05) is 37.0 Å². The van der Waals surface area contributed by atoms with Gasteiger partial charge in [0.1, 0.15) is 10.1 Å². The molecule has 0 atom stereocenters. The zero-order chi connectivity index (χ0) is 19.9. The fraction of sp³-hybridized carbons (Fsp3) is 0.0476. The third-order valence-electron chi connectivity index (χ3n) is 4.05. The Labute approximate surface area is 172 Å². The SMILES string of the molecule is O=C(NCc1ccccc1-n1ccnc1)Nc1ccnc(Sc2ccccn2)c1. The van der Waals surface area contributed by atoms with Gasteiger partial charge in [-0.05, 0) is 35.9 Å². The summed E-state index contributed by atoms with van der Waals surface area (Å²) >= 11 is 1.44. The molecule has 2 amide bonds. The molecule has 1 aromatic carbocycles. The minimum Gasteiger partial charge on any atom is -0.334 e. The summed E-state index contributed by atoms with van der Waals surface area (Å²) in [5, 5.41) is 7.35. The second-order valence-electron chi connectivity index (χ2n) is 6.06. The van der Waals surface area contributed by atoms with Gasteiger partial charge >= 0.3 is 6.03 Å². The van der Waals surface area contributed by atoms with Crippen LogP contribution in [0.1, 0.15) is 5.56 Å². The number of nitrogens with zero attached hydrogens (tertiary/aromatic N) is 4. The largest absolute Gasteiger partial charge is 0.334 e. The van der Waals surface area contributed by atoms with E-state index in [1.807, 2.05) is 59.3 Å². The van der Waals surface area contributed by atoms with Gasteiger partial charge in [-0.15, -0.1) is 0 Å². The van der Waals surface area contributed by atoms with E-state index in [2.05, 4.69) is 25.6 Å². The maximum Gasteiger partial charge on any atom is 0.319 e. The molecule has 0 bridgehead atoms. The molecule has 4 rings (SSSR count). The Morgan fingerprint density at radius 1 is 0.966 bits per heavy atom. The minimum absolute atomic E-state index is 0.287. The van der Waals surface area contributed by atoms with E-state index in [0.717, 1.165) is 21.3 Å². The molecule has 0 saturated carbocycles. The van der Waals surface area contributed by atoms with E-state index in [-0.39, 0.29) is 6.03 Å². The van der Waals surface area contributed by atoms with Crippen molar-refractivity contribution in [2.45, 2.75) is 16.6 Å². The summed E-state index contributed by atoms with van der Waals surface area (Å²) in [5.41, 5.74) is 2.63. The van der Waals surface area contributed by atoms with E-state index in [0.29, 0.717) is 12.2 Å². The molecule has 0 aliphatic rings. The van der Waals surface area contributed by atoms with Gasteiger partial charge in [0.15, 0.2) is 0 Å². The van der Waals surface area contributed by atoms with Gasteiger partial charge in [-0.3, -0.25) is 0 Å². The first-order chi connectivity index (χ1) is 14.3. The van der Waals surface area contributed by atoms with Gasteiger partial charge < -0.3 is 15.2 Å². The number of rotatable bonds is 6. The van der Waals surface area contributed by atoms with Crippen molar-refractivity contribution in [1.29, 1.82) is 0 Å². The maximum absolute atomic E-state index is 12.4. The molecule has 4 aromatic rings. The first kappa shape index (κ1) is 18.7. The van der Waals surface area contributed by atoms with Crippen molar-refractivity contribution in [1.82, 2.24) is 24.8 Å². The molecule has 8 heteroatoms. The van der Waals surface area contributed by atoms with Crippen LogP contribution >= 0.6 is 11.8 Å². The van der Waals surface area contributed by atoms with Crippen LogP contribution in [0.25, 0.3) is 5.69 Å². The first-order valence-corrected chi connectivity index (χ1v) is 9.75. The summed E-state index contributed by atoms with van der Waals surface area (Å²) < 4.78 is 1.92. The van der Waals surface area contributed by atoms with Crippen LogP contribution in [0.3, 0.4) is 0 Å². The molecule has 0 aliphatic heterocycles. The Bertz CT molecular complexity index is 1090. The minimum atomic E-state index is -0.287. The summed E-state index contributed by atoms with van der Waals surface area (Å²) in [7, 11) is 0. The number of hydrogen-bond acceptors (Lipinski definition) is 5. The number of carbonyl (C=O) groups is 1. The second kappa shape index (κ2) is 9.03. The highest BCUT2D eigenvalue weighted by molar-refractivity contribution is 7.99. The molecule has 3 heterocycles. The monoisotopic (exact) mass is 402 g/mol. The number of anilines is 1. The quantitative estimate of drug-likeness (QED) is 0.506. The molecule has 29 heavy (non-hydrogen) atoms. The van der Waals surface area contributed by atoms with Crippen LogP contribution in [0.15, 0.2) is 95.8 Å². The number of para-hydroxylation sites is 1. The van der Waals surface area contributed by atoms with Gasteiger partial charge in [0.2, 0.25) is 0 Å². The van der Waals surface area contributed by atoms with Gasteiger partial charge in [-0.1, -0.05) is 36.0 Å². The van der Waals surface area contributed by atoms with Crippen molar-refractivity contribution < 1.29 is 4.79 Å². The highest BCUT2D eigenvalue weighted by Crippen LogP contribution is 2.25. The van der Waals surface area contributed by atoms with Gasteiger partial charge in [-0.2, -0.15) is 0 Å². The van der Waals surface area contributed by atoms with Crippen LogP contribution < -0.4 is 10.6 Å². The molecular formula is C21H18N6OS. The molecule has 7 nitrogen and oxygen atoms in total. The summed E-state index contributed by atoms with van der Waals surface area (Å²) in [6, 6.07) is 16.8. The highest BCUT2D eigenvalue weighted by Gasteiger charge is 2.08. The smallest absolute Gasteiger partial charge is 0.319 e. The van der Waals surface area contributed by atoms with Crippen LogP contribution in [-0.4, -0.2) is 25.6 Å². The number of benzene rings is 1. The highest BCUT2D eigenvalue weighted by atomic mass is 32.2. The van der Waals surface area contributed by atoms with E-state index in [4.69, 9.17) is 0 Å². The molecule has 2 N–H and O–H groups in total. The Hall–Kier alpha value is -3.65. The fourth-order valence-corrected chi connectivity index (χ4v) is 3.50. The fourth-order valence-electron chi connectivity index (χ4n) is 2.72. The normalized spacial score (nSPS) is 10.5. The standard InChI is InChI=1S/C21H18N6OS/c28-21(25-14-16-5-1-2-6-18(16)27-12-11-22-15-27)26-17-8-10-24-20(13-17)29-19-7-3-4-9-23-19/h1-13,15H,14H2,(H2,24,25,26,28). The molecule has 0 spiro atoms. The lowest BCUT2D eigenvalue weighted by Gasteiger charge is -2.12. The molecule has 0 saturated heterocycles. The van der Waals surface area contributed by atoms with E-state index < -0.39 is 0 Å². The third kappa shape index (κ3) is 4.99. The zero-order valence-electron chi connectivity index (χ0n) is 15.4. The molecule has 3 aromatic heterocycles. The second-order valence-corrected chi connectivity index (χ2v) is 7.10.